The van der Waals surface area contributed by atoms with E-state index in [1.165, 1.54) is 12.3 Å². The zero-order valence-electron chi connectivity index (χ0n) is 13.0. The first-order valence-corrected chi connectivity index (χ1v) is 9.41. The Morgan fingerprint density at radius 2 is 2.12 bits per heavy atom. The molecule has 128 valence electrons. The third-order valence-corrected chi connectivity index (χ3v) is 5.88. The molecule has 0 spiro atoms. The highest BCUT2D eigenvalue weighted by molar-refractivity contribution is 7.89. The number of halogens is 1. The van der Waals surface area contributed by atoms with Crippen molar-refractivity contribution in [3.63, 3.8) is 0 Å². The molecule has 6 nitrogen and oxygen atoms in total. The largest absolute Gasteiger partial charge is 0.468 e. The Bertz CT molecular complexity index is 862. The Kier molecular flexibility index (Phi) is 4.67. The topological polar surface area (TPSA) is 88.4 Å². The number of hydrogen-bond donors (Lipinski definition) is 2. The third-order valence-electron chi connectivity index (χ3n) is 3.87. The van der Waals surface area contributed by atoms with Crippen LogP contribution in [0.1, 0.15) is 37.1 Å². The molecule has 0 saturated heterocycles. The van der Waals surface area contributed by atoms with Crippen molar-refractivity contribution >= 4 is 33.2 Å². The van der Waals surface area contributed by atoms with Crippen LogP contribution in [0, 0.1) is 0 Å². The van der Waals surface area contributed by atoms with Gasteiger partial charge in [0.25, 0.3) is 0 Å². The summed E-state index contributed by atoms with van der Waals surface area (Å²) in [4.78, 5) is 11.6. The Hall–Kier alpha value is -1.83. The molecule has 2 heterocycles. The molecule has 1 atom stereocenters. The normalized spacial score (nSPS) is 16.2. The minimum Gasteiger partial charge on any atom is -0.468 e. The van der Waals surface area contributed by atoms with Crippen molar-refractivity contribution in [3.05, 3.63) is 46.9 Å². The van der Waals surface area contributed by atoms with Crippen LogP contribution in [0.5, 0.6) is 0 Å². The maximum Gasteiger partial charge on any atom is 0.242 e. The first kappa shape index (κ1) is 17.0. The Labute approximate surface area is 145 Å². The lowest BCUT2D eigenvalue weighted by Gasteiger charge is -2.15. The molecule has 24 heavy (non-hydrogen) atoms. The van der Waals surface area contributed by atoms with Crippen molar-refractivity contribution < 1.29 is 17.6 Å². The number of sulfonamides is 1. The summed E-state index contributed by atoms with van der Waals surface area (Å²) in [5.41, 5.74) is 1.33. The van der Waals surface area contributed by atoms with Crippen molar-refractivity contribution in [1.29, 1.82) is 0 Å². The van der Waals surface area contributed by atoms with E-state index in [2.05, 4.69) is 10.0 Å². The van der Waals surface area contributed by atoms with Crippen LogP contribution < -0.4 is 10.0 Å². The van der Waals surface area contributed by atoms with Crippen LogP contribution in [-0.4, -0.2) is 14.3 Å². The van der Waals surface area contributed by atoms with Gasteiger partial charge in [0.15, 0.2) is 0 Å². The van der Waals surface area contributed by atoms with E-state index in [0.717, 1.165) is 5.56 Å². The summed E-state index contributed by atoms with van der Waals surface area (Å²) in [5.74, 6) is 0.370. The highest BCUT2D eigenvalue weighted by atomic mass is 35.5. The van der Waals surface area contributed by atoms with Gasteiger partial charge in [-0.1, -0.05) is 11.6 Å². The molecule has 1 aliphatic heterocycles. The second-order valence-corrected chi connectivity index (χ2v) is 7.79. The number of fused-ring (bicyclic) bond motifs is 1. The van der Waals surface area contributed by atoms with Crippen molar-refractivity contribution in [3.8, 4) is 0 Å². The molecule has 8 heteroatoms. The number of benzene rings is 1. The minimum absolute atomic E-state index is 0.0662. The van der Waals surface area contributed by atoms with Gasteiger partial charge >= 0.3 is 0 Å². The van der Waals surface area contributed by atoms with E-state index in [1.807, 2.05) is 0 Å². The Morgan fingerprint density at radius 3 is 2.83 bits per heavy atom. The minimum atomic E-state index is -3.87. The highest BCUT2D eigenvalue weighted by Crippen LogP contribution is 2.32. The standard InChI is InChI=1S/C16H17ClN2O4S/c1-10(14-5-3-7-23-14)19-24(21,22)15-9-13-11(8-12(15)17)4-2-6-16(20)18-13/h3,5,7-10,19H,2,4,6H2,1H3,(H,18,20). The summed E-state index contributed by atoms with van der Waals surface area (Å²) in [6.07, 6.45) is 3.26. The molecule has 1 aromatic carbocycles. The zero-order valence-corrected chi connectivity index (χ0v) is 14.6. The molecule has 1 unspecified atom stereocenters. The van der Waals surface area contributed by atoms with Crippen LogP contribution in [0.3, 0.4) is 0 Å². The van der Waals surface area contributed by atoms with E-state index in [9.17, 15) is 13.2 Å². The average molecular weight is 369 g/mol. The van der Waals surface area contributed by atoms with Crippen LogP contribution in [-0.2, 0) is 21.2 Å². The van der Waals surface area contributed by atoms with Gasteiger partial charge in [-0.3, -0.25) is 4.79 Å². The molecule has 1 amide bonds. The smallest absolute Gasteiger partial charge is 0.242 e. The molecular formula is C16H17ClN2O4S. The van der Waals surface area contributed by atoms with Gasteiger partial charge in [-0.15, -0.1) is 0 Å². The van der Waals surface area contributed by atoms with Gasteiger partial charge in [0.05, 0.1) is 17.3 Å². The molecule has 0 fully saturated rings. The van der Waals surface area contributed by atoms with E-state index in [1.54, 1.807) is 25.1 Å². The highest BCUT2D eigenvalue weighted by Gasteiger charge is 2.25. The summed E-state index contributed by atoms with van der Waals surface area (Å²) < 4.78 is 33.1. The number of nitrogens with one attached hydrogen (secondary N) is 2. The molecule has 2 N–H and O–H groups in total. The summed E-state index contributed by atoms with van der Waals surface area (Å²) in [6.45, 7) is 1.68. The average Bonchev–Trinajstić information content (AvgIpc) is 2.97. The van der Waals surface area contributed by atoms with Gasteiger partial charge < -0.3 is 9.73 Å². The van der Waals surface area contributed by atoms with E-state index < -0.39 is 16.1 Å². The number of anilines is 1. The molecule has 0 saturated carbocycles. The number of rotatable bonds is 4. The molecule has 1 aromatic heterocycles. The van der Waals surface area contributed by atoms with E-state index in [4.69, 9.17) is 16.0 Å². The van der Waals surface area contributed by atoms with Crippen LogP contribution in [0.15, 0.2) is 39.8 Å². The number of aryl methyl sites for hydroxylation is 1. The number of carbonyl (C=O) groups is 1. The molecule has 2 aromatic rings. The first-order chi connectivity index (χ1) is 11.4. The molecule has 3 rings (SSSR count). The lowest BCUT2D eigenvalue weighted by Crippen LogP contribution is -2.27. The summed E-state index contributed by atoms with van der Waals surface area (Å²) in [6, 6.07) is 5.85. The fourth-order valence-electron chi connectivity index (χ4n) is 2.67. The second-order valence-electron chi connectivity index (χ2n) is 5.70. The van der Waals surface area contributed by atoms with E-state index in [-0.39, 0.29) is 15.8 Å². The van der Waals surface area contributed by atoms with Gasteiger partial charge in [-0.25, -0.2) is 13.1 Å². The molecule has 0 radical (unpaired) electrons. The summed E-state index contributed by atoms with van der Waals surface area (Å²) in [5, 5.41) is 2.86. The van der Waals surface area contributed by atoms with Gasteiger partial charge in [0, 0.05) is 12.1 Å². The Balaban J connectivity index is 1.94. The summed E-state index contributed by atoms with van der Waals surface area (Å²) >= 11 is 6.19. The number of carbonyl (C=O) groups excluding carboxylic acids is 1. The van der Waals surface area contributed by atoms with Crippen LogP contribution in [0.4, 0.5) is 5.69 Å². The maximum atomic E-state index is 12.7. The predicted molar refractivity (Wildman–Crippen MR) is 90.5 cm³/mol. The van der Waals surface area contributed by atoms with Crippen molar-refractivity contribution in [2.45, 2.75) is 37.1 Å². The van der Waals surface area contributed by atoms with Crippen molar-refractivity contribution in [1.82, 2.24) is 4.72 Å². The van der Waals surface area contributed by atoms with Gasteiger partial charge in [-0.05, 0) is 49.6 Å². The first-order valence-electron chi connectivity index (χ1n) is 7.55. The fourth-order valence-corrected chi connectivity index (χ4v) is 4.46. The summed E-state index contributed by atoms with van der Waals surface area (Å²) in [7, 11) is -3.87. The second kappa shape index (κ2) is 6.58. The molecular weight excluding hydrogens is 352 g/mol. The van der Waals surface area contributed by atoms with Gasteiger partial charge in [0.2, 0.25) is 15.9 Å². The zero-order chi connectivity index (χ0) is 17.3. The quantitative estimate of drug-likeness (QED) is 0.867. The van der Waals surface area contributed by atoms with Crippen LogP contribution in [0.25, 0.3) is 0 Å². The van der Waals surface area contributed by atoms with Crippen LogP contribution >= 0.6 is 11.6 Å². The lowest BCUT2D eigenvalue weighted by molar-refractivity contribution is -0.116. The van der Waals surface area contributed by atoms with Gasteiger partial charge in [-0.2, -0.15) is 0 Å². The number of hydrogen-bond acceptors (Lipinski definition) is 4. The van der Waals surface area contributed by atoms with Crippen LogP contribution in [0.2, 0.25) is 5.02 Å². The fraction of sp³-hybridized carbons (Fsp3) is 0.312. The lowest BCUT2D eigenvalue weighted by atomic mass is 10.1. The molecule has 0 aliphatic carbocycles. The van der Waals surface area contributed by atoms with E-state index in [0.29, 0.717) is 30.7 Å². The SMILES string of the molecule is CC(NS(=O)(=O)c1cc2c(cc1Cl)CCCC(=O)N2)c1ccco1. The predicted octanol–water partition coefficient (Wildman–Crippen LogP) is 3.25. The number of furan rings is 1. The number of amides is 1. The maximum absolute atomic E-state index is 12.7. The van der Waals surface area contributed by atoms with Gasteiger partial charge in [0.1, 0.15) is 10.7 Å². The molecule has 1 aliphatic rings. The Morgan fingerprint density at radius 1 is 1.33 bits per heavy atom. The van der Waals surface area contributed by atoms with E-state index >= 15 is 0 Å². The monoisotopic (exact) mass is 368 g/mol. The molecule has 0 bridgehead atoms. The third kappa shape index (κ3) is 3.48. The van der Waals surface area contributed by atoms with Crippen molar-refractivity contribution in [2.24, 2.45) is 0 Å². The van der Waals surface area contributed by atoms with Crippen molar-refractivity contribution in [2.75, 3.05) is 5.32 Å².